The summed E-state index contributed by atoms with van der Waals surface area (Å²) in [7, 11) is -16.3. The van der Waals surface area contributed by atoms with Crippen LogP contribution in [0, 0.1) is 5.41 Å². The highest BCUT2D eigenvalue weighted by Gasteiger charge is 2.50. The highest BCUT2D eigenvalue weighted by Crippen LogP contribution is 2.61. The number of imidazole rings is 1. The van der Waals surface area contributed by atoms with Crippen LogP contribution in [0.2, 0.25) is 0 Å². The van der Waals surface area contributed by atoms with Gasteiger partial charge in [-0.1, -0.05) is 13.8 Å². The van der Waals surface area contributed by atoms with Crippen molar-refractivity contribution in [3.8, 4) is 0 Å². The van der Waals surface area contributed by atoms with Crippen molar-refractivity contribution < 1.29 is 75.7 Å². The van der Waals surface area contributed by atoms with Crippen LogP contribution in [0.15, 0.2) is 17.6 Å². The third-order valence-electron chi connectivity index (χ3n) is 6.67. The lowest BCUT2D eigenvalue weighted by Crippen LogP contribution is -2.46. The van der Waals surface area contributed by atoms with Gasteiger partial charge in [-0.05, 0) is 6.72 Å². The lowest BCUT2D eigenvalue weighted by Gasteiger charge is -2.30. The molecule has 1 saturated heterocycles. The fourth-order valence-corrected chi connectivity index (χ4v) is 7.04. The number of nitrogen functional groups attached to an aromatic ring is 1. The van der Waals surface area contributed by atoms with E-state index in [4.69, 9.17) is 19.5 Å². The first-order chi connectivity index (χ1) is 22.7. The summed E-state index contributed by atoms with van der Waals surface area (Å²) in [5.74, 6) is -1.39. The summed E-state index contributed by atoms with van der Waals surface area (Å²) in [5.41, 5.74) is 4.29. The number of nitrogens with two attached hydrogens (primary N) is 1. The predicted molar refractivity (Wildman–Crippen MR) is 164 cm³/mol. The number of aliphatic imine (C=N–C) groups is 1. The van der Waals surface area contributed by atoms with E-state index in [9.17, 15) is 53.1 Å². The number of anilines is 1. The monoisotopic (exact) mass is 762 g/mol. The summed E-state index contributed by atoms with van der Waals surface area (Å²) in [6.07, 6.45) is -6.79. The molecule has 24 nitrogen and oxygen atoms in total. The van der Waals surface area contributed by atoms with Gasteiger partial charge < -0.3 is 50.9 Å². The number of carbonyl (C=O) groups excluding carboxylic acids is 2. The van der Waals surface area contributed by atoms with Crippen LogP contribution in [-0.2, 0) is 45.9 Å². The summed E-state index contributed by atoms with van der Waals surface area (Å²) in [4.78, 5) is 78.3. The number of phosphoric ester groups is 3. The summed E-state index contributed by atoms with van der Waals surface area (Å²) >= 11 is 0. The Morgan fingerprint density at radius 1 is 1.12 bits per heavy atom. The number of hydrogen-bond donors (Lipinski definition) is 9. The summed E-state index contributed by atoms with van der Waals surface area (Å²) in [6, 6.07) is 0. The normalized spacial score (nSPS) is 23.0. The quantitative estimate of drug-likeness (QED) is 0.0429. The smallest absolute Gasteiger partial charge is 0.386 e. The van der Waals surface area contributed by atoms with Gasteiger partial charge >= 0.3 is 23.5 Å². The van der Waals surface area contributed by atoms with Gasteiger partial charge in [0, 0.05) is 24.9 Å². The molecule has 1 aliphatic heterocycles. The second-order valence-electron chi connectivity index (χ2n) is 11.0. The molecule has 7 unspecified atom stereocenters. The highest BCUT2D eigenvalue weighted by atomic mass is 31.3. The maximum absolute atomic E-state index is 12.6. The highest BCUT2D eigenvalue weighted by molar-refractivity contribution is 7.61. The van der Waals surface area contributed by atoms with Crippen molar-refractivity contribution in [2.75, 3.05) is 38.6 Å². The maximum Gasteiger partial charge on any atom is 0.481 e. The Kier molecular flexibility index (Phi) is 13.7. The standard InChI is InChI=1S/C22H37N8O16P3/c1-22(2,17(33)20(34)26-5-4-13(31)25-7-6-24-3)9-43-49(40,41)46-48(38,39)42-8-12-16(45-47(35,36)37)15(32)21(44-12)30-11-29-14-18(23)27-10-28-19(14)30/h10-12,15-17,21,32-33H,3-9H2,1-2H3,(H,25,31)(H,26,34)(H,38,39)(H,40,41)(H2,23,27,28)(H2,35,36,37). The first-order valence-corrected chi connectivity index (χ1v) is 18.5. The number of nitrogens with one attached hydrogen (secondary N) is 2. The van der Waals surface area contributed by atoms with Crippen LogP contribution in [0.25, 0.3) is 11.2 Å². The SMILES string of the molecule is C=NCCNC(=O)CCNC(=O)C(O)C(C)(C)COP(=O)(O)OP(=O)(O)OCC1OC(n2cnc3c(N)ncnc32)C(O)C1OP(=O)(O)O. The van der Waals surface area contributed by atoms with Crippen LogP contribution < -0.4 is 16.4 Å². The van der Waals surface area contributed by atoms with Crippen molar-refractivity contribution >= 4 is 59.0 Å². The van der Waals surface area contributed by atoms with E-state index in [0.29, 0.717) is 6.54 Å². The van der Waals surface area contributed by atoms with Gasteiger partial charge in [-0.15, -0.1) is 0 Å². The number of aliphatic hydroxyl groups excluding tert-OH is 2. The molecule has 3 rings (SSSR count). The number of aliphatic hydroxyl groups is 2. The van der Waals surface area contributed by atoms with Crippen molar-refractivity contribution in [2.24, 2.45) is 10.4 Å². The molecule has 1 fully saturated rings. The van der Waals surface area contributed by atoms with Gasteiger partial charge in [-0.2, -0.15) is 4.31 Å². The Morgan fingerprint density at radius 3 is 2.45 bits per heavy atom. The molecule has 0 radical (unpaired) electrons. The molecule has 2 aromatic rings. The average molecular weight is 763 g/mol. The van der Waals surface area contributed by atoms with Crippen LogP contribution in [0.1, 0.15) is 26.5 Å². The van der Waals surface area contributed by atoms with E-state index in [1.54, 1.807) is 0 Å². The minimum absolute atomic E-state index is 0.0355. The second-order valence-corrected chi connectivity index (χ2v) is 15.3. The number of nitrogens with zero attached hydrogens (tertiary/aromatic N) is 5. The zero-order valence-electron chi connectivity index (χ0n) is 25.9. The molecular formula is C22H37N8O16P3. The van der Waals surface area contributed by atoms with Crippen molar-refractivity contribution in [3.05, 3.63) is 12.7 Å². The predicted octanol–water partition coefficient (Wildman–Crippen LogP) is -1.89. The summed E-state index contributed by atoms with van der Waals surface area (Å²) in [6.45, 7) is 4.19. The minimum atomic E-state index is -5.54. The van der Waals surface area contributed by atoms with E-state index in [0.717, 1.165) is 17.2 Å². The van der Waals surface area contributed by atoms with E-state index in [1.165, 1.54) is 13.8 Å². The fraction of sp³-hybridized carbons (Fsp3) is 0.636. The van der Waals surface area contributed by atoms with Crippen LogP contribution in [0.3, 0.4) is 0 Å². The number of hydrogen-bond acceptors (Lipinski definition) is 17. The van der Waals surface area contributed by atoms with Gasteiger partial charge in [0.1, 0.15) is 36.3 Å². The lowest BCUT2D eigenvalue weighted by molar-refractivity contribution is -0.137. The molecule has 10 N–H and O–H groups in total. The number of rotatable bonds is 19. The van der Waals surface area contributed by atoms with Crippen LogP contribution >= 0.6 is 23.5 Å². The van der Waals surface area contributed by atoms with Crippen LogP contribution in [0.5, 0.6) is 0 Å². The molecule has 2 amide bonds. The number of phosphoric acid groups is 3. The average Bonchev–Trinajstić information content (AvgIpc) is 3.55. The molecule has 49 heavy (non-hydrogen) atoms. The van der Waals surface area contributed by atoms with E-state index in [2.05, 4.69) is 46.1 Å². The largest absolute Gasteiger partial charge is 0.481 e. The molecule has 0 bridgehead atoms. The number of aromatic nitrogens is 4. The first kappa shape index (κ1) is 40.6. The zero-order chi connectivity index (χ0) is 36.8. The van der Waals surface area contributed by atoms with Crippen molar-refractivity contribution in [2.45, 2.75) is 50.9 Å². The number of fused-ring (bicyclic) bond motifs is 1. The third-order valence-corrected chi connectivity index (χ3v) is 9.77. The fourth-order valence-electron chi connectivity index (χ4n) is 4.21. The Hall–Kier alpha value is -2.79. The molecule has 7 atom stereocenters. The lowest BCUT2D eigenvalue weighted by atomic mass is 9.87. The van der Waals surface area contributed by atoms with Crippen molar-refractivity contribution in [1.82, 2.24) is 30.2 Å². The third kappa shape index (κ3) is 11.6. The van der Waals surface area contributed by atoms with Crippen molar-refractivity contribution in [3.63, 3.8) is 0 Å². The van der Waals surface area contributed by atoms with E-state index in [-0.39, 0.29) is 36.5 Å². The topological polar surface area (TPSA) is 359 Å². The maximum atomic E-state index is 12.6. The molecule has 27 heteroatoms. The molecule has 0 saturated carbocycles. The molecule has 0 aliphatic carbocycles. The van der Waals surface area contributed by atoms with Crippen LogP contribution in [0.4, 0.5) is 5.82 Å². The van der Waals surface area contributed by atoms with Gasteiger partial charge in [-0.3, -0.25) is 32.7 Å². The second kappa shape index (κ2) is 16.5. The van der Waals surface area contributed by atoms with Gasteiger partial charge in [0.25, 0.3) is 0 Å². The van der Waals surface area contributed by atoms with Crippen molar-refractivity contribution in [1.29, 1.82) is 0 Å². The van der Waals surface area contributed by atoms with E-state index in [1.807, 2.05) is 0 Å². The van der Waals surface area contributed by atoms with Gasteiger partial charge in [0.05, 0.1) is 26.1 Å². The number of carbonyl (C=O) groups is 2. The zero-order valence-corrected chi connectivity index (χ0v) is 28.6. The van der Waals surface area contributed by atoms with Gasteiger partial charge in [0.2, 0.25) is 11.8 Å². The van der Waals surface area contributed by atoms with Crippen LogP contribution in [-0.4, -0.2) is 125 Å². The molecule has 0 aromatic carbocycles. The minimum Gasteiger partial charge on any atom is -0.386 e. The first-order valence-electron chi connectivity index (χ1n) is 14.0. The Labute approximate surface area is 277 Å². The molecule has 3 heterocycles. The summed E-state index contributed by atoms with van der Waals surface area (Å²) < 4.78 is 61.7. The molecule has 0 spiro atoms. The molecule has 2 aromatic heterocycles. The number of ether oxygens (including phenoxy) is 1. The van der Waals surface area contributed by atoms with E-state index >= 15 is 0 Å². The summed E-state index contributed by atoms with van der Waals surface area (Å²) in [5, 5.41) is 26.1. The molecule has 276 valence electrons. The van der Waals surface area contributed by atoms with Gasteiger partial charge in [-0.25, -0.2) is 28.6 Å². The Bertz CT molecular complexity index is 1640. The Morgan fingerprint density at radius 2 is 1.80 bits per heavy atom. The molecular weight excluding hydrogens is 725 g/mol. The number of amides is 2. The van der Waals surface area contributed by atoms with Gasteiger partial charge in [0.15, 0.2) is 17.7 Å². The Balaban J connectivity index is 1.59. The molecule has 1 aliphatic rings. The van der Waals surface area contributed by atoms with E-state index < -0.39 is 84.6 Å².